The van der Waals surface area contributed by atoms with Crippen molar-refractivity contribution in [3.05, 3.63) is 237 Å². The minimum atomic E-state index is 0.853. The van der Waals surface area contributed by atoms with Gasteiger partial charge in [-0.25, -0.2) is 0 Å². The van der Waals surface area contributed by atoms with E-state index in [1.807, 2.05) is 0 Å². The number of nitrogens with zero attached hydrogens (tertiary/aromatic N) is 1. The highest BCUT2D eigenvalue weighted by Gasteiger charge is 2.22. The molecule has 290 valence electrons. The number of hydrogen-bond acceptors (Lipinski definition) is 2. The lowest BCUT2D eigenvalue weighted by Crippen LogP contribution is -2.10. The number of fused-ring (bicyclic) bond motifs is 7. The quantitative estimate of drug-likeness (QED) is 0.160. The summed E-state index contributed by atoms with van der Waals surface area (Å²) >= 11 is 0. The predicted octanol–water partition coefficient (Wildman–Crippen LogP) is 17.2. The van der Waals surface area contributed by atoms with Crippen LogP contribution >= 0.6 is 0 Å². The maximum Gasteiger partial charge on any atom is 0.143 e. The van der Waals surface area contributed by atoms with Crippen LogP contribution in [-0.4, -0.2) is 0 Å². The summed E-state index contributed by atoms with van der Waals surface area (Å²) in [4.78, 5) is 2.40. The van der Waals surface area contributed by atoms with E-state index < -0.39 is 0 Å². The number of rotatable bonds is 7. The molecule has 0 atom stereocenters. The standard InChI is InChI=1S/C60H39NO/c1-3-15-40(16-4-1)48-34-49(41-17-5-2-6-18-41)36-50(35-48)44-23-13-24-47(33-44)55-39-56-59-57(27-14-28-58(59)62-60(56)54-26-12-11-25-53(54)55)61(51-31-29-42-19-7-9-21-45(42)37-51)52-32-30-43-20-8-10-22-46(43)38-52/h1-39H. The summed E-state index contributed by atoms with van der Waals surface area (Å²) in [5.41, 5.74) is 14.4. The van der Waals surface area contributed by atoms with Gasteiger partial charge in [-0.05, 0) is 138 Å². The molecule has 0 radical (unpaired) electrons. The largest absolute Gasteiger partial charge is 0.455 e. The van der Waals surface area contributed by atoms with Gasteiger partial charge in [0.1, 0.15) is 11.2 Å². The summed E-state index contributed by atoms with van der Waals surface area (Å²) < 4.78 is 6.94. The molecule has 0 aliphatic carbocycles. The van der Waals surface area contributed by atoms with Gasteiger partial charge in [0.25, 0.3) is 0 Å². The van der Waals surface area contributed by atoms with Crippen LogP contribution in [0.1, 0.15) is 0 Å². The zero-order valence-corrected chi connectivity index (χ0v) is 33.9. The highest BCUT2D eigenvalue weighted by Crippen LogP contribution is 2.47. The molecule has 0 aliphatic rings. The van der Waals surface area contributed by atoms with E-state index in [9.17, 15) is 0 Å². The van der Waals surface area contributed by atoms with Crippen molar-refractivity contribution in [1.29, 1.82) is 0 Å². The van der Waals surface area contributed by atoms with Crippen molar-refractivity contribution in [3.8, 4) is 44.5 Å². The summed E-state index contributed by atoms with van der Waals surface area (Å²) in [5, 5.41) is 9.21. The fourth-order valence-electron chi connectivity index (χ4n) is 9.37. The van der Waals surface area contributed by atoms with Gasteiger partial charge in [0.05, 0.1) is 11.1 Å². The van der Waals surface area contributed by atoms with Crippen molar-refractivity contribution in [2.75, 3.05) is 4.90 Å². The van der Waals surface area contributed by atoms with Crippen LogP contribution in [0.2, 0.25) is 0 Å². The van der Waals surface area contributed by atoms with Crippen LogP contribution in [0.25, 0.3) is 98.8 Å². The Morgan fingerprint density at radius 3 is 1.40 bits per heavy atom. The second-order valence-electron chi connectivity index (χ2n) is 16.1. The number of hydrogen-bond donors (Lipinski definition) is 0. The maximum atomic E-state index is 6.94. The van der Waals surface area contributed by atoms with E-state index in [-0.39, 0.29) is 0 Å². The van der Waals surface area contributed by atoms with Crippen molar-refractivity contribution in [3.63, 3.8) is 0 Å². The molecule has 1 aromatic heterocycles. The molecule has 2 nitrogen and oxygen atoms in total. The zero-order valence-electron chi connectivity index (χ0n) is 33.9. The Morgan fingerprint density at radius 1 is 0.290 bits per heavy atom. The van der Waals surface area contributed by atoms with E-state index in [2.05, 4.69) is 241 Å². The minimum absolute atomic E-state index is 0.853. The molecule has 0 amide bonds. The highest BCUT2D eigenvalue weighted by atomic mass is 16.3. The van der Waals surface area contributed by atoms with Gasteiger partial charge in [0.2, 0.25) is 0 Å². The molecule has 12 aromatic rings. The third-order valence-corrected chi connectivity index (χ3v) is 12.4. The summed E-state index contributed by atoms with van der Waals surface area (Å²) in [7, 11) is 0. The number of benzene rings is 11. The fourth-order valence-corrected chi connectivity index (χ4v) is 9.37. The fraction of sp³-hybridized carbons (Fsp3) is 0. The molecule has 11 aromatic carbocycles. The summed E-state index contributed by atoms with van der Waals surface area (Å²) in [6.45, 7) is 0. The van der Waals surface area contributed by atoms with E-state index in [1.165, 1.54) is 49.4 Å². The smallest absolute Gasteiger partial charge is 0.143 e. The van der Waals surface area contributed by atoms with Crippen LogP contribution in [0.3, 0.4) is 0 Å². The minimum Gasteiger partial charge on any atom is -0.455 e. The molecular weight excluding hydrogens is 751 g/mol. The molecule has 0 saturated heterocycles. The van der Waals surface area contributed by atoms with Gasteiger partial charge >= 0.3 is 0 Å². The molecule has 0 unspecified atom stereocenters. The Morgan fingerprint density at radius 2 is 0.774 bits per heavy atom. The van der Waals surface area contributed by atoms with Crippen molar-refractivity contribution < 1.29 is 4.42 Å². The molecular formula is C60H39NO. The summed E-state index contributed by atoms with van der Waals surface area (Å²) in [6, 6.07) is 85.5. The Bertz CT molecular complexity index is 3500. The molecule has 62 heavy (non-hydrogen) atoms. The van der Waals surface area contributed by atoms with Crippen molar-refractivity contribution in [2.45, 2.75) is 0 Å². The van der Waals surface area contributed by atoms with Crippen LogP contribution in [0.5, 0.6) is 0 Å². The van der Waals surface area contributed by atoms with Gasteiger partial charge in [0, 0.05) is 22.1 Å². The normalized spacial score (nSPS) is 11.5. The van der Waals surface area contributed by atoms with Crippen LogP contribution in [0, 0.1) is 0 Å². The molecule has 2 heteroatoms. The highest BCUT2D eigenvalue weighted by molar-refractivity contribution is 6.22. The third kappa shape index (κ3) is 6.20. The average molecular weight is 790 g/mol. The Labute approximate surface area is 360 Å². The third-order valence-electron chi connectivity index (χ3n) is 12.4. The first kappa shape index (κ1) is 35.7. The van der Waals surface area contributed by atoms with Crippen LogP contribution < -0.4 is 4.90 Å². The monoisotopic (exact) mass is 789 g/mol. The van der Waals surface area contributed by atoms with E-state index in [0.717, 1.165) is 66.5 Å². The van der Waals surface area contributed by atoms with Gasteiger partial charge in [-0.2, -0.15) is 0 Å². The number of furan rings is 1. The first-order valence-corrected chi connectivity index (χ1v) is 21.2. The second-order valence-corrected chi connectivity index (χ2v) is 16.1. The molecule has 0 bridgehead atoms. The van der Waals surface area contributed by atoms with Gasteiger partial charge in [-0.3, -0.25) is 0 Å². The molecule has 0 saturated carbocycles. The molecule has 1 heterocycles. The predicted molar refractivity (Wildman–Crippen MR) is 263 cm³/mol. The van der Waals surface area contributed by atoms with E-state index >= 15 is 0 Å². The Hall–Kier alpha value is -8.20. The summed E-state index contributed by atoms with van der Waals surface area (Å²) in [6.07, 6.45) is 0. The molecule has 0 aliphatic heterocycles. The van der Waals surface area contributed by atoms with Crippen molar-refractivity contribution in [1.82, 2.24) is 0 Å². The Kier molecular flexibility index (Phi) is 8.53. The lowest BCUT2D eigenvalue weighted by Gasteiger charge is -2.27. The van der Waals surface area contributed by atoms with Crippen LogP contribution in [0.4, 0.5) is 17.1 Å². The molecule has 12 rings (SSSR count). The SMILES string of the molecule is c1ccc(-c2cc(-c3ccccc3)cc(-c3cccc(-c4cc5c(oc6cccc(N(c7ccc8ccccc8c7)c7ccc8ccccc8c7)c65)c5ccccc45)c3)c2)cc1. The lowest BCUT2D eigenvalue weighted by molar-refractivity contribution is 0.672. The average Bonchev–Trinajstić information content (AvgIpc) is 3.74. The second kappa shape index (κ2) is 14.8. The van der Waals surface area contributed by atoms with Gasteiger partial charge in [0.15, 0.2) is 0 Å². The first-order valence-electron chi connectivity index (χ1n) is 21.2. The number of anilines is 3. The maximum absolute atomic E-state index is 6.94. The van der Waals surface area contributed by atoms with Gasteiger partial charge < -0.3 is 9.32 Å². The zero-order chi connectivity index (χ0) is 41.0. The van der Waals surface area contributed by atoms with Gasteiger partial charge in [-0.15, -0.1) is 0 Å². The van der Waals surface area contributed by atoms with Crippen LogP contribution in [0.15, 0.2) is 241 Å². The van der Waals surface area contributed by atoms with Gasteiger partial charge in [-0.1, -0.05) is 170 Å². The molecule has 0 spiro atoms. The van der Waals surface area contributed by atoms with Crippen LogP contribution in [-0.2, 0) is 0 Å². The summed E-state index contributed by atoms with van der Waals surface area (Å²) in [5.74, 6) is 0. The van der Waals surface area contributed by atoms with E-state index in [1.54, 1.807) is 0 Å². The van der Waals surface area contributed by atoms with Crippen molar-refractivity contribution >= 4 is 71.3 Å². The van der Waals surface area contributed by atoms with E-state index in [0.29, 0.717) is 0 Å². The first-order chi connectivity index (χ1) is 30.7. The Balaban J connectivity index is 1.07. The van der Waals surface area contributed by atoms with Crippen molar-refractivity contribution in [2.24, 2.45) is 0 Å². The topological polar surface area (TPSA) is 16.4 Å². The molecule has 0 N–H and O–H groups in total. The van der Waals surface area contributed by atoms with E-state index in [4.69, 9.17) is 4.42 Å². The molecule has 0 fully saturated rings. The lowest BCUT2D eigenvalue weighted by atomic mass is 9.90.